The standard InChI is InChI=1S/C53H95O12P/c1-3-5-7-9-11-13-15-17-19-21-23-25-27-29-31-33-35-37-39-41-43-62-44-46(45-63-66(60,61)65-53-51(58)49(56)48(55)50(57)52(53)59)64-47(54)42-40-38-36-34-32-30-28-26-24-22-20-18-16-14-12-10-8-6-4-2/h11-14,17-20,23,25,46,48-53,55-59H,3-10,15-16,21-22,24,26-45H2,1-2H3,(H,60,61)/b13-11-,14-12-,19-17-,20-18-,25-23-. The number of phosphoric acid groups is 1. The van der Waals surface area contributed by atoms with Crippen molar-refractivity contribution >= 4 is 13.8 Å². The summed E-state index contributed by atoms with van der Waals surface area (Å²) in [4.78, 5) is 23.3. The van der Waals surface area contributed by atoms with E-state index in [1.165, 1.54) is 103 Å². The van der Waals surface area contributed by atoms with E-state index in [0.29, 0.717) is 13.0 Å². The predicted octanol–water partition coefficient (Wildman–Crippen LogP) is 11.8. The van der Waals surface area contributed by atoms with Crippen molar-refractivity contribution in [1.82, 2.24) is 0 Å². The number of hydrogen-bond acceptors (Lipinski definition) is 11. The highest BCUT2D eigenvalue weighted by molar-refractivity contribution is 7.47. The van der Waals surface area contributed by atoms with Gasteiger partial charge in [0.05, 0.1) is 13.2 Å². The number of unbranched alkanes of at least 4 members (excludes halogenated alkanes) is 22. The molecule has 1 saturated carbocycles. The van der Waals surface area contributed by atoms with E-state index in [9.17, 15) is 39.8 Å². The number of ether oxygens (including phenoxy) is 2. The number of aliphatic hydroxyl groups excluding tert-OH is 5. The summed E-state index contributed by atoms with van der Waals surface area (Å²) in [5, 5.41) is 50.3. The summed E-state index contributed by atoms with van der Waals surface area (Å²) in [7, 11) is -5.03. The van der Waals surface area contributed by atoms with Gasteiger partial charge in [-0.25, -0.2) is 4.57 Å². The Labute approximate surface area is 400 Å². The molecule has 1 fully saturated rings. The average Bonchev–Trinajstić information content (AvgIpc) is 3.30. The Hall–Kier alpha value is -1.96. The summed E-state index contributed by atoms with van der Waals surface area (Å²) in [5.41, 5.74) is 0. The molecule has 66 heavy (non-hydrogen) atoms. The van der Waals surface area contributed by atoms with Gasteiger partial charge in [-0.05, 0) is 83.5 Å². The van der Waals surface area contributed by atoms with E-state index in [2.05, 4.69) is 74.6 Å². The Bertz CT molecular complexity index is 1320. The second kappa shape index (κ2) is 43.1. The summed E-state index contributed by atoms with van der Waals surface area (Å²) in [6, 6.07) is 0. The van der Waals surface area contributed by atoms with E-state index < -0.39 is 63.1 Å². The highest BCUT2D eigenvalue weighted by Gasteiger charge is 2.51. The molecule has 1 rings (SSSR count). The van der Waals surface area contributed by atoms with Gasteiger partial charge in [-0.15, -0.1) is 0 Å². The van der Waals surface area contributed by atoms with Crippen LogP contribution in [0.4, 0.5) is 0 Å². The number of carbonyl (C=O) groups is 1. The Morgan fingerprint density at radius 1 is 0.485 bits per heavy atom. The van der Waals surface area contributed by atoms with Crippen LogP contribution in [-0.2, 0) is 27.9 Å². The fourth-order valence-corrected chi connectivity index (χ4v) is 8.66. The molecule has 6 unspecified atom stereocenters. The Balaban J connectivity index is 2.35. The van der Waals surface area contributed by atoms with Crippen molar-refractivity contribution in [3.8, 4) is 0 Å². The minimum Gasteiger partial charge on any atom is -0.457 e. The lowest BCUT2D eigenvalue weighted by molar-refractivity contribution is -0.220. The van der Waals surface area contributed by atoms with Crippen molar-refractivity contribution in [1.29, 1.82) is 0 Å². The molecule has 1 aliphatic carbocycles. The first-order chi connectivity index (χ1) is 32.0. The van der Waals surface area contributed by atoms with Crippen LogP contribution in [0.1, 0.15) is 206 Å². The second-order valence-corrected chi connectivity index (χ2v) is 19.4. The Kier molecular flexibility index (Phi) is 40.5. The van der Waals surface area contributed by atoms with E-state index in [4.69, 9.17) is 18.5 Å². The van der Waals surface area contributed by atoms with Gasteiger partial charge in [0.2, 0.25) is 0 Å². The maximum Gasteiger partial charge on any atom is 0.472 e. The van der Waals surface area contributed by atoms with Gasteiger partial charge in [-0.2, -0.15) is 0 Å². The number of esters is 1. The summed E-state index contributed by atoms with van der Waals surface area (Å²) >= 11 is 0. The van der Waals surface area contributed by atoms with Crippen molar-refractivity contribution in [3.63, 3.8) is 0 Å². The van der Waals surface area contributed by atoms with Gasteiger partial charge in [-0.3, -0.25) is 13.8 Å². The molecule has 12 nitrogen and oxygen atoms in total. The normalized spacial score (nSPS) is 21.9. The third-order valence-corrected chi connectivity index (χ3v) is 12.8. The molecule has 1 aliphatic rings. The Morgan fingerprint density at radius 3 is 1.29 bits per heavy atom. The quantitative estimate of drug-likeness (QED) is 0.0147. The third-order valence-electron chi connectivity index (χ3n) is 11.9. The van der Waals surface area contributed by atoms with E-state index in [1.807, 2.05) is 0 Å². The van der Waals surface area contributed by atoms with Gasteiger partial charge in [0, 0.05) is 13.0 Å². The maximum atomic E-state index is 12.9. The predicted molar refractivity (Wildman–Crippen MR) is 267 cm³/mol. The molecule has 0 aromatic heterocycles. The largest absolute Gasteiger partial charge is 0.472 e. The number of carbonyl (C=O) groups excluding carboxylic acids is 1. The Morgan fingerprint density at radius 2 is 0.848 bits per heavy atom. The molecule has 0 saturated heterocycles. The molecule has 0 aromatic carbocycles. The zero-order valence-electron chi connectivity index (χ0n) is 41.2. The molecular formula is C53H95O12P. The first-order valence-electron chi connectivity index (χ1n) is 26.1. The number of phosphoric ester groups is 1. The van der Waals surface area contributed by atoms with Gasteiger partial charge in [0.15, 0.2) is 0 Å². The van der Waals surface area contributed by atoms with Crippen LogP contribution in [0.3, 0.4) is 0 Å². The van der Waals surface area contributed by atoms with Crippen LogP contribution in [0.2, 0.25) is 0 Å². The molecular weight excluding hydrogens is 860 g/mol. The van der Waals surface area contributed by atoms with Crippen LogP contribution < -0.4 is 0 Å². The first kappa shape index (κ1) is 62.1. The van der Waals surface area contributed by atoms with Crippen LogP contribution in [0, 0.1) is 0 Å². The van der Waals surface area contributed by atoms with Crippen LogP contribution in [0.25, 0.3) is 0 Å². The van der Waals surface area contributed by atoms with Gasteiger partial charge < -0.3 is 39.9 Å². The van der Waals surface area contributed by atoms with Gasteiger partial charge >= 0.3 is 13.8 Å². The van der Waals surface area contributed by atoms with Crippen LogP contribution in [0.15, 0.2) is 60.8 Å². The smallest absolute Gasteiger partial charge is 0.457 e. The van der Waals surface area contributed by atoms with Crippen molar-refractivity contribution in [2.24, 2.45) is 0 Å². The maximum absolute atomic E-state index is 12.9. The molecule has 13 heteroatoms. The number of allylic oxidation sites excluding steroid dienone is 10. The minimum absolute atomic E-state index is 0.0870. The van der Waals surface area contributed by atoms with Crippen molar-refractivity contribution in [2.45, 2.75) is 249 Å². The second-order valence-electron chi connectivity index (χ2n) is 18.0. The molecule has 0 bridgehead atoms. The van der Waals surface area contributed by atoms with Crippen LogP contribution in [0.5, 0.6) is 0 Å². The SMILES string of the molecule is CCCCC/C=C\C/C=C\C/C=C\CCCCCCCCCOCC(COP(=O)(O)OC1C(O)C(O)C(O)C(O)C1O)OC(=O)CCCCCCCCCCC/C=C\C/C=C\CCCCC. The fourth-order valence-electron chi connectivity index (χ4n) is 7.69. The van der Waals surface area contributed by atoms with Crippen molar-refractivity contribution < 1.29 is 58.3 Å². The molecule has 0 aliphatic heterocycles. The van der Waals surface area contributed by atoms with Crippen molar-refractivity contribution in [2.75, 3.05) is 19.8 Å². The summed E-state index contributed by atoms with van der Waals surface area (Å²) in [6.07, 6.45) is 42.7. The van der Waals surface area contributed by atoms with Gasteiger partial charge in [0.1, 0.15) is 42.7 Å². The monoisotopic (exact) mass is 955 g/mol. The van der Waals surface area contributed by atoms with E-state index >= 15 is 0 Å². The highest BCUT2D eigenvalue weighted by Crippen LogP contribution is 2.47. The zero-order chi connectivity index (χ0) is 48.4. The zero-order valence-corrected chi connectivity index (χ0v) is 42.1. The van der Waals surface area contributed by atoms with Crippen LogP contribution in [-0.4, -0.2) is 98.9 Å². The van der Waals surface area contributed by atoms with E-state index in [0.717, 1.165) is 77.0 Å². The molecule has 384 valence electrons. The van der Waals surface area contributed by atoms with E-state index in [-0.39, 0.29) is 13.0 Å². The lowest BCUT2D eigenvalue weighted by Gasteiger charge is -2.41. The summed E-state index contributed by atoms with van der Waals surface area (Å²) in [5.74, 6) is -0.486. The average molecular weight is 955 g/mol. The van der Waals surface area contributed by atoms with Gasteiger partial charge in [-0.1, -0.05) is 177 Å². The fraction of sp³-hybridized carbons (Fsp3) is 0.792. The number of hydrogen-bond donors (Lipinski definition) is 6. The van der Waals surface area contributed by atoms with E-state index in [1.54, 1.807) is 0 Å². The lowest BCUT2D eigenvalue weighted by atomic mass is 9.85. The molecule has 0 spiro atoms. The highest BCUT2D eigenvalue weighted by atomic mass is 31.2. The van der Waals surface area contributed by atoms with Crippen LogP contribution >= 0.6 is 7.82 Å². The topological polar surface area (TPSA) is 192 Å². The number of aliphatic hydroxyl groups is 5. The van der Waals surface area contributed by atoms with Crippen molar-refractivity contribution in [3.05, 3.63) is 60.8 Å². The molecule has 0 heterocycles. The third kappa shape index (κ3) is 34.3. The molecule has 0 radical (unpaired) electrons. The molecule has 6 N–H and O–H groups in total. The molecule has 0 amide bonds. The summed E-state index contributed by atoms with van der Waals surface area (Å²) in [6.45, 7) is 4.20. The lowest BCUT2D eigenvalue weighted by Crippen LogP contribution is -2.64. The molecule has 0 aromatic rings. The first-order valence-corrected chi connectivity index (χ1v) is 27.6. The summed E-state index contributed by atoms with van der Waals surface area (Å²) < 4.78 is 34.3. The molecule has 6 atom stereocenters. The minimum atomic E-state index is -5.03. The van der Waals surface area contributed by atoms with Gasteiger partial charge in [0.25, 0.3) is 0 Å². The number of rotatable bonds is 44.